The second kappa shape index (κ2) is 5.24. The maximum absolute atomic E-state index is 10.8. The van der Waals surface area contributed by atoms with Crippen LogP contribution in [0, 0.1) is 26.9 Å². The molecule has 1 aromatic rings. The molecule has 2 rings (SSSR count). The maximum atomic E-state index is 10.8. The van der Waals surface area contributed by atoms with E-state index >= 15 is 0 Å². The summed E-state index contributed by atoms with van der Waals surface area (Å²) in [6.07, 6.45) is 2.89. The van der Waals surface area contributed by atoms with E-state index in [1.807, 2.05) is 0 Å². The highest BCUT2D eigenvalue weighted by Crippen LogP contribution is 2.48. The summed E-state index contributed by atoms with van der Waals surface area (Å²) >= 11 is 0. The molecular formula is C13H15N3O3. The minimum atomic E-state index is -0.551. The van der Waals surface area contributed by atoms with Gasteiger partial charge in [-0.25, -0.2) is 0 Å². The first-order valence-electron chi connectivity index (χ1n) is 6.13. The monoisotopic (exact) mass is 261 g/mol. The van der Waals surface area contributed by atoms with E-state index in [-0.39, 0.29) is 23.3 Å². The van der Waals surface area contributed by atoms with Crippen LogP contribution in [-0.4, -0.2) is 23.2 Å². The zero-order valence-corrected chi connectivity index (χ0v) is 10.4. The van der Waals surface area contributed by atoms with Gasteiger partial charge in [-0.3, -0.25) is 10.1 Å². The van der Waals surface area contributed by atoms with Crippen LogP contribution in [0.1, 0.15) is 24.8 Å². The fraction of sp³-hybridized carbons (Fsp3) is 0.462. The van der Waals surface area contributed by atoms with Crippen LogP contribution in [0.2, 0.25) is 0 Å². The molecule has 1 saturated carbocycles. The standard InChI is InChI=1S/C13H15N3O3/c14-8-10-1-2-11(7-12(10)16(18)19)15-9-13(3-4-13)5-6-17/h1-2,7,15,17H,3-6,9H2. The molecule has 1 aliphatic rings. The molecule has 0 saturated heterocycles. The van der Waals surface area contributed by atoms with Crippen molar-refractivity contribution in [2.75, 3.05) is 18.5 Å². The molecule has 19 heavy (non-hydrogen) atoms. The van der Waals surface area contributed by atoms with Gasteiger partial charge in [-0.05, 0) is 36.8 Å². The first-order chi connectivity index (χ1) is 9.10. The van der Waals surface area contributed by atoms with Crippen molar-refractivity contribution in [2.24, 2.45) is 5.41 Å². The summed E-state index contributed by atoms with van der Waals surface area (Å²) in [7, 11) is 0. The van der Waals surface area contributed by atoms with Crippen LogP contribution in [-0.2, 0) is 0 Å². The molecule has 6 heteroatoms. The molecule has 0 aromatic heterocycles. The molecule has 100 valence electrons. The Morgan fingerprint density at radius 1 is 1.53 bits per heavy atom. The highest BCUT2D eigenvalue weighted by atomic mass is 16.6. The summed E-state index contributed by atoms with van der Waals surface area (Å²) in [6.45, 7) is 0.853. The van der Waals surface area contributed by atoms with Crippen LogP contribution < -0.4 is 5.32 Å². The number of benzene rings is 1. The first-order valence-corrected chi connectivity index (χ1v) is 6.13. The number of nitrogens with zero attached hydrogens (tertiary/aromatic N) is 2. The van der Waals surface area contributed by atoms with E-state index in [1.165, 1.54) is 12.1 Å². The van der Waals surface area contributed by atoms with Gasteiger partial charge in [0.05, 0.1) is 4.92 Å². The number of anilines is 1. The molecule has 0 radical (unpaired) electrons. The van der Waals surface area contributed by atoms with Crippen molar-refractivity contribution in [1.29, 1.82) is 5.26 Å². The lowest BCUT2D eigenvalue weighted by atomic mass is 10.0. The topological polar surface area (TPSA) is 99.2 Å². The fourth-order valence-corrected chi connectivity index (χ4v) is 2.11. The second-order valence-electron chi connectivity index (χ2n) is 4.93. The summed E-state index contributed by atoms with van der Waals surface area (Å²) in [5.74, 6) is 0. The molecule has 0 atom stereocenters. The summed E-state index contributed by atoms with van der Waals surface area (Å²) in [5.41, 5.74) is 0.652. The predicted molar refractivity (Wildman–Crippen MR) is 69.7 cm³/mol. The van der Waals surface area contributed by atoms with Gasteiger partial charge in [0.25, 0.3) is 5.69 Å². The number of aliphatic hydroxyl groups excluding tert-OH is 1. The molecule has 6 nitrogen and oxygen atoms in total. The molecule has 2 N–H and O–H groups in total. The average Bonchev–Trinajstić information content (AvgIpc) is 3.17. The van der Waals surface area contributed by atoms with Gasteiger partial charge in [-0.2, -0.15) is 5.26 Å². The Hall–Kier alpha value is -2.13. The van der Waals surface area contributed by atoms with E-state index in [0.717, 1.165) is 19.3 Å². The van der Waals surface area contributed by atoms with Crippen molar-refractivity contribution >= 4 is 11.4 Å². The van der Waals surface area contributed by atoms with Gasteiger partial charge in [-0.1, -0.05) is 0 Å². The number of aliphatic hydroxyl groups is 1. The first kappa shape index (κ1) is 13.3. The van der Waals surface area contributed by atoms with E-state index in [9.17, 15) is 10.1 Å². The van der Waals surface area contributed by atoms with Crippen molar-refractivity contribution in [1.82, 2.24) is 0 Å². The van der Waals surface area contributed by atoms with Crippen molar-refractivity contribution < 1.29 is 10.0 Å². The zero-order valence-electron chi connectivity index (χ0n) is 10.4. The molecular weight excluding hydrogens is 246 g/mol. The van der Waals surface area contributed by atoms with Crippen LogP contribution in [0.25, 0.3) is 0 Å². The Bertz CT molecular complexity index is 532. The summed E-state index contributed by atoms with van der Waals surface area (Å²) in [5, 5.41) is 31.8. The van der Waals surface area contributed by atoms with Gasteiger partial charge in [0.15, 0.2) is 0 Å². The van der Waals surface area contributed by atoms with E-state index in [1.54, 1.807) is 12.1 Å². The number of nitro benzene ring substituents is 1. The Morgan fingerprint density at radius 3 is 2.79 bits per heavy atom. The Labute approximate surface area is 110 Å². The summed E-state index contributed by atoms with van der Waals surface area (Å²) < 4.78 is 0. The quantitative estimate of drug-likeness (QED) is 0.603. The molecule has 0 spiro atoms. The fourth-order valence-electron chi connectivity index (χ4n) is 2.11. The molecule has 0 heterocycles. The van der Waals surface area contributed by atoms with Crippen molar-refractivity contribution in [3.63, 3.8) is 0 Å². The molecule has 0 amide bonds. The molecule has 1 fully saturated rings. The van der Waals surface area contributed by atoms with Gasteiger partial charge in [0.2, 0.25) is 0 Å². The number of hydrogen-bond donors (Lipinski definition) is 2. The lowest BCUT2D eigenvalue weighted by Gasteiger charge is -2.15. The van der Waals surface area contributed by atoms with E-state index in [2.05, 4.69) is 5.32 Å². The number of nitrogens with one attached hydrogen (secondary N) is 1. The normalized spacial score (nSPS) is 15.6. The molecule has 0 unspecified atom stereocenters. The van der Waals surface area contributed by atoms with Crippen LogP contribution in [0.15, 0.2) is 18.2 Å². The minimum absolute atomic E-state index is 0.0621. The zero-order chi connectivity index (χ0) is 13.9. The largest absolute Gasteiger partial charge is 0.396 e. The minimum Gasteiger partial charge on any atom is -0.396 e. The Morgan fingerprint density at radius 2 is 2.26 bits per heavy atom. The van der Waals surface area contributed by atoms with E-state index < -0.39 is 4.92 Å². The van der Waals surface area contributed by atoms with Gasteiger partial charge < -0.3 is 10.4 Å². The lowest BCUT2D eigenvalue weighted by Crippen LogP contribution is -2.16. The highest BCUT2D eigenvalue weighted by molar-refractivity contribution is 5.59. The molecule has 0 aliphatic heterocycles. The number of nitriles is 1. The highest BCUT2D eigenvalue weighted by Gasteiger charge is 2.41. The van der Waals surface area contributed by atoms with Crippen LogP contribution in [0.4, 0.5) is 11.4 Å². The maximum Gasteiger partial charge on any atom is 0.289 e. The Balaban J connectivity index is 2.08. The lowest BCUT2D eigenvalue weighted by molar-refractivity contribution is -0.385. The Kier molecular flexibility index (Phi) is 3.67. The van der Waals surface area contributed by atoms with Gasteiger partial charge in [0.1, 0.15) is 11.6 Å². The molecule has 0 bridgehead atoms. The molecule has 1 aromatic carbocycles. The number of rotatable bonds is 6. The summed E-state index contributed by atoms with van der Waals surface area (Å²) in [4.78, 5) is 10.3. The van der Waals surface area contributed by atoms with E-state index in [0.29, 0.717) is 12.2 Å². The van der Waals surface area contributed by atoms with Crippen molar-refractivity contribution in [2.45, 2.75) is 19.3 Å². The average molecular weight is 261 g/mol. The predicted octanol–water partition coefficient (Wildman–Crippen LogP) is 2.04. The molecule has 1 aliphatic carbocycles. The van der Waals surface area contributed by atoms with Crippen molar-refractivity contribution in [3.05, 3.63) is 33.9 Å². The van der Waals surface area contributed by atoms with Gasteiger partial charge in [0, 0.05) is 24.9 Å². The van der Waals surface area contributed by atoms with Gasteiger partial charge >= 0.3 is 0 Å². The second-order valence-corrected chi connectivity index (χ2v) is 4.93. The third-order valence-electron chi connectivity index (χ3n) is 3.58. The van der Waals surface area contributed by atoms with Crippen LogP contribution in [0.3, 0.4) is 0 Å². The van der Waals surface area contributed by atoms with Crippen LogP contribution >= 0.6 is 0 Å². The SMILES string of the molecule is N#Cc1ccc(NCC2(CCO)CC2)cc1[N+](=O)[O-]. The van der Waals surface area contributed by atoms with Crippen molar-refractivity contribution in [3.8, 4) is 6.07 Å². The number of nitro groups is 1. The number of hydrogen-bond acceptors (Lipinski definition) is 5. The van der Waals surface area contributed by atoms with E-state index in [4.69, 9.17) is 10.4 Å². The smallest absolute Gasteiger partial charge is 0.289 e. The van der Waals surface area contributed by atoms with Crippen LogP contribution in [0.5, 0.6) is 0 Å². The summed E-state index contributed by atoms with van der Waals surface area (Å²) in [6, 6.07) is 6.31. The third kappa shape index (κ3) is 3.01. The third-order valence-corrected chi connectivity index (χ3v) is 3.58. The van der Waals surface area contributed by atoms with Gasteiger partial charge in [-0.15, -0.1) is 0 Å².